The molecule has 0 unspecified atom stereocenters. The number of ether oxygens (including phenoxy) is 1. The van der Waals surface area contributed by atoms with Crippen LogP contribution in [-0.4, -0.2) is 53.9 Å². The van der Waals surface area contributed by atoms with Crippen molar-refractivity contribution in [1.29, 1.82) is 0 Å². The monoisotopic (exact) mass is 470 g/mol. The van der Waals surface area contributed by atoms with Crippen LogP contribution in [0.3, 0.4) is 0 Å². The van der Waals surface area contributed by atoms with E-state index < -0.39 is 0 Å². The quantitative estimate of drug-likeness (QED) is 0.414. The van der Waals surface area contributed by atoms with Crippen molar-refractivity contribution in [3.63, 3.8) is 0 Å². The molecule has 6 nitrogen and oxygen atoms in total. The van der Waals surface area contributed by atoms with Gasteiger partial charge in [0.1, 0.15) is 12.3 Å². The molecule has 1 heterocycles. The van der Waals surface area contributed by atoms with Gasteiger partial charge in [-0.15, -0.1) is 0 Å². The standard InChI is InChI=1S/C29H34N4O2/c1-21(2)32-19-26(28(23-10-6-4-7-11-23)24-12-8-5-9-13-24)33(20-27(32)34)29(30)31-18-22-14-16-25(35-3)17-15-22/h4-17,21,26,28H,18-20H2,1-3H3,(H2,30,31)/t26-/m1/s1. The maximum absolute atomic E-state index is 13.1. The lowest BCUT2D eigenvalue weighted by molar-refractivity contribution is -0.138. The molecule has 0 aromatic heterocycles. The van der Waals surface area contributed by atoms with E-state index in [1.165, 1.54) is 11.1 Å². The first-order valence-electron chi connectivity index (χ1n) is 12.1. The molecule has 2 N–H and O–H groups in total. The number of carbonyl (C=O) groups excluding carboxylic acids is 1. The Hall–Kier alpha value is -3.80. The Labute approximate surface area is 208 Å². The van der Waals surface area contributed by atoms with Crippen LogP contribution in [0.15, 0.2) is 89.9 Å². The summed E-state index contributed by atoms with van der Waals surface area (Å²) in [7, 11) is 1.65. The zero-order valence-corrected chi connectivity index (χ0v) is 20.7. The van der Waals surface area contributed by atoms with E-state index in [1.807, 2.05) is 46.2 Å². The molecule has 1 atom stereocenters. The minimum Gasteiger partial charge on any atom is -0.497 e. The molecule has 0 saturated carbocycles. The van der Waals surface area contributed by atoms with Crippen LogP contribution < -0.4 is 10.5 Å². The Bertz CT molecular complexity index is 1090. The fourth-order valence-electron chi connectivity index (χ4n) is 4.74. The number of piperazine rings is 1. The van der Waals surface area contributed by atoms with Crippen LogP contribution >= 0.6 is 0 Å². The van der Waals surface area contributed by atoms with Gasteiger partial charge in [0.25, 0.3) is 0 Å². The Morgan fingerprint density at radius 1 is 0.971 bits per heavy atom. The molecule has 3 aromatic carbocycles. The number of guanidine groups is 1. The number of nitrogens with two attached hydrogens (primary N) is 1. The second kappa shape index (κ2) is 11.1. The van der Waals surface area contributed by atoms with Gasteiger partial charge >= 0.3 is 0 Å². The molecule has 1 aliphatic heterocycles. The van der Waals surface area contributed by atoms with E-state index in [9.17, 15) is 4.79 Å². The van der Waals surface area contributed by atoms with Crippen LogP contribution in [0.1, 0.15) is 36.5 Å². The van der Waals surface area contributed by atoms with Crippen LogP contribution in [0.2, 0.25) is 0 Å². The van der Waals surface area contributed by atoms with Gasteiger partial charge in [0.05, 0.1) is 19.7 Å². The largest absolute Gasteiger partial charge is 0.497 e. The molecule has 1 saturated heterocycles. The molecule has 4 rings (SSSR count). The van der Waals surface area contributed by atoms with E-state index in [4.69, 9.17) is 15.5 Å². The fraction of sp³-hybridized carbons (Fsp3) is 0.310. The van der Waals surface area contributed by atoms with Crippen molar-refractivity contribution >= 4 is 11.9 Å². The molecule has 1 amide bonds. The first kappa shape index (κ1) is 24.3. The lowest BCUT2D eigenvalue weighted by Crippen LogP contribution is -2.62. The third kappa shape index (κ3) is 5.65. The van der Waals surface area contributed by atoms with Crippen LogP contribution in [-0.2, 0) is 11.3 Å². The third-order valence-corrected chi connectivity index (χ3v) is 6.61. The molecule has 182 valence electrons. The minimum absolute atomic E-state index is 0.0292. The summed E-state index contributed by atoms with van der Waals surface area (Å²) in [4.78, 5) is 21.8. The van der Waals surface area contributed by atoms with Crippen molar-refractivity contribution in [2.24, 2.45) is 10.7 Å². The van der Waals surface area contributed by atoms with Crippen molar-refractivity contribution in [2.75, 3.05) is 20.2 Å². The van der Waals surface area contributed by atoms with Gasteiger partial charge in [-0.05, 0) is 42.7 Å². The SMILES string of the molecule is COc1ccc(CN=C(N)N2CC(=O)N(C(C)C)C[C@@H]2C(c2ccccc2)c2ccccc2)cc1. The number of benzene rings is 3. The van der Waals surface area contributed by atoms with E-state index in [-0.39, 0.29) is 30.5 Å². The number of amides is 1. The number of aliphatic imine (C=N–C) groups is 1. The van der Waals surface area contributed by atoms with Gasteiger partial charge in [0.15, 0.2) is 5.96 Å². The maximum Gasteiger partial charge on any atom is 0.242 e. The average molecular weight is 471 g/mol. The highest BCUT2D eigenvalue weighted by molar-refractivity contribution is 5.87. The van der Waals surface area contributed by atoms with Crippen LogP contribution in [0.5, 0.6) is 5.75 Å². The molecule has 1 aliphatic rings. The number of rotatable bonds is 7. The summed E-state index contributed by atoms with van der Waals surface area (Å²) in [6.07, 6.45) is 0. The first-order chi connectivity index (χ1) is 17.0. The molecule has 0 aliphatic carbocycles. The second-order valence-corrected chi connectivity index (χ2v) is 9.16. The summed E-state index contributed by atoms with van der Waals surface area (Å²) in [5.41, 5.74) is 10.0. The Morgan fingerprint density at radius 3 is 2.06 bits per heavy atom. The summed E-state index contributed by atoms with van der Waals surface area (Å²) >= 11 is 0. The van der Waals surface area contributed by atoms with Gasteiger partial charge in [-0.1, -0.05) is 72.8 Å². The summed E-state index contributed by atoms with van der Waals surface area (Å²) in [5, 5.41) is 0. The first-order valence-corrected chi connectivity index (χ1v) is 12.1. The van der Waals surface area contributed by atoms with Crippen molar-refractivity contribution in [1.82, 2.24) is 9.80 Å². The normalized spacial score (nSPS) is 16.8. The summed E-state index contributed by atoms with van der Waals surface area (Å²) < 4.78 is 5.24. The number of methoxy groups -OCH3 is 1. The Balaban J connectivity index is 1.70. The highest BCUT2D eigenvalue weighted by Gasteiger charge is 2.39. The lowest BCUT2D eigenvalue weighted by Gasteiger charge is -2.46. The van der Waals surface area contributed by atoms with Gasteiger partial charge in [0, 0.05) is 18.5 Å². The topological polar surface area (TPSA) is 71.2 Å². The average Bonchev–Trinajstić information content (AvgIpc) is 2.89. The highest BCUT2D eigenvalue weighted by atomic mass is 16.5. The van der Waals surface area contributed by atoms with E-state index >= 15 is 0 Å². The fourth-order valence-corrected chi connectivity index (χ4v) is 4.74. The van der Waals surface area contributed by atoms with Crippen LogP contribution in [0.25, 0.3) is 0 Å². The molecule has 0 bridgehead atoms. The van der Waals surface area contributed by atoms with Gasteiger partial charge in [-0.3, -0.25) is 4.79 Å². The van der Waals surface area contributed by atoms with Gasteiger partial charge < -0.3 is 20.3 Å². The van der Waals surface area contributed by atoms with Gasteiger partial charge in [-0.2, -0.15) is 0 Å². The van der Waals surface area contributed by atoms with Gasteiger partial charge in [0.2, 0.25) is 5.91 Å². The van der Waals surface area contributed by atoms with Crippen LogP contribution in [0, 0.1) is 0 Å². The van der Waals surface area contributed by atoms with E-state index in [1.54, 1.807) is 7.11 Å². The predicted octanol–water partition coefficient (Wildman–Crippen LogP) is 4.26. The number of nitrogens with zero attached hydrogens (tertiary/aromatic N) is 3. The Kier molecular flexibility index (Phi) is 7.70. The molecule has 0 spiro atoms. The van der Waals surface area contributed by atoms with E-state index in [2.05, 4.69) is 62.4 Å². The molecule has 3 aromatic rings. The highest BCUT2D eigenvalue weighted by Crippen LogP contribution is 2.33. The van der Waals surface area contributed by atoms with Crippen LogP contribution in [0.4, 0.5) is 0 Å². The van der Waals surface area contributed by atoms with E-state index in [0.29, 0.717) is 19.0 Å². The molecule has 0 radical (unpaired) electrons. The van der Waals surface area contributed by atoms with Crippen molar-refractivity contribution in [3.05, 3.63) is 102 Å². The lowest BCUT2D eigenvalue weighted by atomic mass is 9.83. The summed E-state index contributed by atoms with van der Waals surface area (Å²) in [6.45, 7) is 5.33. The predicted molar refractivity (Wildman–Crippen MR) is 140 cm³/mol. The molecule has 1 fully saturated rings. The van der Waals surface area contributed by atoms with Crippen molar-refractivity contribution in [2.45, 2.75) is 38.4 Å². The summed E-state index contributed by atoms with van der Waals surface area (Å²) in [5.74, 6) is 1.29. The van der Waals surface area contributed by atoms with Crippen molar-refractivity contribution in [3.8, 4) is 5.75 Å². The zero-order chi connectivity index (χ0) is 24.8. The molecule has 6 heteroatoms. The Morgan fingerprint density at radius 2 is 1.54 bits per heavy atom. The minimum atomic E-state index is -0.0560. The number of hydrogen-bond donors (Lipinski definition) is 1. The molecule has 35 heavy (non-hydrogen) atoms. The number of carbonyl (C=O) groups is 1. The maximum atomic E-state index is 13.1. The van der Waals surface area contributed by atoms with Gasteiger partial charge in [-0.25, -0.2) is 4.99 Å². The van der Waals surface area contributed by atoms with Crippen molar-refractivity contribution < 1.29 is 9.53 Å². The number of hydrogen-bond acceptors (Lipinski definition) is 3. The smallest absolute Gasteiger partial charge is 0.242 e. The van der Waals surface area contributed by atoms with E-state index in [0.717, 1.165) is 11.3 Å². The third-order valence-electron chi connectivity index (χ3n) is 6.61. The molecular weight excluding hydrogens is 436 g/mol. The summed E-state index contributed by atoms with van der Waals surface area (Å²) in [6, 6.07) is 28.7. The second-order valence-electron chi connectivity index (χ2n) is 9.16. The zero-order valence-electron chi connectivity index (χ0n) is 20.7. The molecular formula is C29H34N4O2.